The van der Waals surface area contributed by atoms with Crippen molar-refractivity contribution < 1.29 is 57.8 Å². The van der Waals surface area contributed by atoms with Crippen LogP contribution in [0.3, 0.4) is 0 Å². The van der Waals surface area contributed by atoms with Gasteiger partial charge in [-0.1, -0.05) is 6.58 Å². The minimum Gasteiger partial charge on any atom is -0.395 e. The Balaban J connectivity index is 3.65. The SMILES string of the molecule is C=C(C)C(=O)OC(F)(F)C1(F)C(F)(F)C(F)(F)C(F)(F)C1(F)F. The molecule has 0 bridgehead atoms. The molecule has 0 N–H and O–H groups in total. The van der Waals surface area contributed by atoms with Crippen LogP contribution in [-0.4, -0.2) is 41.4 Å². The summed E-state index contributed by atoms with van der Waals surface area (Å²) in [6, 6.07) is 0. The number of esters is 1. The third-order valence-electron chi connectivity index (χ3n) is 3.02. The minimum absolute atomic E-state index is 0.581. The smallest absolute Gasteiger partial charge is 0.395 e. The Kier molecular flexibility index (Phi) is 3.81. The van der Waals surface area contributed by atoms with Gasteiger partial charge in [0.2, 0.25) is 0 Å². The van der Waals surface area contributed by atoms with Crippen LogP contribution in [0, 0.1) is 0 Å². The summed E-state index contributed by atoms with van der Waals surface area (Å²) >= 11 is 0. The molecule has 0 radical (unpaired) electrons. The number of rotatable bonds is 3. The Bertz CT molecular complexity index is 525. The van der Waals surface area contributed by atoms with Crippen molar-refractivity contribution in [3.05, 3.63) is 12.2 Å². The van der Waals surface area contributed by atoms with Gasteiger partial charge in [0, 0.05) is 5.57 Å². The highest BCUT2D eigenvalue weighted by Gasteiger charge is 3.06. The van der Waals surface area contributed by atoms with Gasteiger partial charge in [-0.2, -0.15) is 43.9 Å². The summed E-state index contributed by atoms with van der Waals surface area (Å²) in [6.07, 6.45) is -6.74. The summed E-state index contributed by atoms with van der Waals surface area (Å²) in [5, 5.41) is 0. The predicted octanol–water partition coefficient (Wildman–Crippen LogP) is 3.96. The molecule has 0 spiro atoms. The minimum atomic E-state index is -7.29. The summed E-state index contributed by atoms with van der Waals surface area (Å²) < 4.78 is 147. The van der Waals surface area contributed by atoms with E-state index in [9.17, 15) is 53.1 Å². The fraction of sp³-hybridized carbons (Fsp3) is 0.700. The predicted molar refractivity (Wildman–Crippen MR) is 49.5 cm³/mol. The van der Waals surface area contributed by atoms with E-state index in [4.69, 9.17) is 0 Å². The summed E-state index contributed by atoms with van der Waals surface area (Å²) in [5.41, 5.74) is -8.28. The van der Waals surface area contributed by atoms with Crippen molar-refractivity contribution in [3.63, 3.8) is 0 Å². The fourth-order valence-corrected chi connectivity index (χ4v) is 1.66. The molecular weight excluding hydrogens is 361 g/mol. The molecule has 0 aromatic rings. The van der Waals surface area contributed by atoms with E-state index < -0.39 is 47.0 Å². The number of hydrogen-bond donors (Lipinski definition) is 0. The molecule has 1 aliphatic carbocycles. The Labute approximate surface area is 119 Å². The Morgan fingerprint density at radius 1 is 0.826 bits per heavy atom. The lowest BCUT2D eigenvalue weighted by molar-refractivity contribution is -0.386. The van der Waals surface area contributed by atoms with Gasteiger partial charge in [-0.15, -0.1) is 0 Å². The summed E-state index contributed by atoms with van der Waals surface area (Å²) in [7, 11) is 0. The molecule has 134 valence electrons. The standard InChI is InChI=1S/C10H5F11O2/c1-3(2)4(22)23-10(20,21)5(11)6(12,13)8(16,17)9(18,19)7(5,14)15/h1H2,2H3. The molecule has 1 saturated carbocycles. The molecule has 0 saturated heterocycles. The van der Waals surface area contributed by atoms with Gasteiger partial charge in [-0.3, -0.25) is 0 Å². The normalized spacial score (nSPS) is 26.6. The monoisotopic (exact) mass is 366 g/mol. The molecule has 1 fully saturated rings. The topological polar surface area (TPSA) is 26.3 Å². The average Bonchev–Trinajstić information content (AvgIpc) is 2.39. The first-order valence-electron chi connectivity index (χ1n) is 5.29. The molecular formula is C10H5F11O2. The first-order chi connectivity index (χ1) is 9.83. The van der Waals surface area contributed by atoms with E-state index in [1.165, 1.54) is 0 Å². The summed E-state index contributed by atoms with van der Waals surface area (Å²) in [5.74, 6) is -31.4. The van der Waals surface area contributed by atoms with Gasteiger partial charge in [0.25, 0.3) is 0 Å². The van der Waals surface area contributed by atoms with Crippen molar-refractivity contribution >= 4 is 5.97 Å². The molecule has 0 aromatic heterocycles. The second kappa shape index (κ2) is 4.50. The van der Waals surface area contributed by atoms with E-state index in [1.807, 2.05) is 0 Å². The summed E-state index contributed by atoms with van der Waals surface area (Å²) in [4.78, 5) is 10.8. The van der Waals surface area contributed by atoms with E-state index in [2.05, 4.69) is 11.3 Å². The van der Waals surface area contributed by atoms with E-state index in [0.717, 1.165) is 0 Å². The highest BCUT2D eigenvalue weighted by atomic mass is 19.4. The zero-order valence-corrected chi connectivity index (χ0v) is 10.7. The maximum atomic E-state index is 13.7. The fourth-order valence-electron chi connectivity index (χ4n) is 1.66. The second-order valence-corrected chi connectivity index (χ2v) is 4.64. The first-order valence-corrected chi connectivity index (χ1v) is 5.29. The number of ether oxygens (including phenoxy) is 1. The van der Waals surface area contributed by atoms with Gasteiger partial charge in [0.1, 0.15) is 0 Å². The molecule has 1 aliphatic rings. The zero-order chi connectivity index (χ0) is 18.9. The van der Waals surface area contributed by atoms with Crippen molar-refractivity contribution in [3.8, 4) is 0 Å². The average molecular weight is 366 g/mol. The second-order valence-electron chi connectivity index (χ2n) is 4.64. The number of carbonyl (C=O) groups is 1. The third kappa shape index (κ3) is 1.84. The zero-order valence-electron chi connectivity index (χ0n) is 10.7. The van der Waals surface area contributed by atoms with E-state index in [0.29, 0.717) is 6.92 Å². The Morgan fingerprint density at radius 3 is 1.39 bits per heavy atom. The van der Waals surface area contributed by atoms with Crippen molar-refractivity contribution in [1.82, 2.24) is 0 Å². The van der Waals surface area contributed by atoms with Gasteiger partial charge in [0.05, 0.1) is 0 Å². The lowest BCUT2D eigenvalue weighted by Gasteiger charge is -2.35. The largest absolute Gasteiger partial charge is 0.448 e. The van der Waals surface area contributed by atoms with Crippen molar-refractivity contribution in [2.75, 3.05) is 0 Å². The van der Waals surface area contributed by atoms with E-state index in [1.54, 1.807) is 0 Å². The highest BCUT2D eigenvalue weighted by Crippen LogP contribution is 2.72. The maximum Gasteiger partial charge on any atom is 0.448 e. The molecule has 1 rings (SSSR count). The Morgan fingerprint density at radius 2 is 1.13 bits per heavy atom. The summed E-state index contributed by atoms with van der Waals surface area (Å²) in [6.45, 7) is 3.20. The first kappa shape index (κ1) is 19.5. The Hall–Kier alpha value is -1.56. The van der Waals surface area contributed by atoms with Crippen LogP contribution in [0.2, 0.25) is 0 Å². The van der Waals surface area contributed by atoms with Gasteiger partial charge in [-0.05, 0) is 6.92 Å². The van der Waals surface area contributed by atoms with Gasteiger partial charge >= 0.3 is 41.4 Å². The van der Waals surface area contributed by atoms with Crippen molar-refractivity contribution in [2.24, 2.45) is 0 Å². The van der Waals surface area contributed by atoms with Crippen LogP contribution in [-0.2, 0) is 9.53 Å². The van der Waals surface area contributed by atoms with Crippen LogP contribution < -0.4 is 0 Å². The molecule has 0 unspecified atom stereocenters. The van der Waals surface area contributed by atoms with Gasteiger partial charge in [-0.25, -0.2) is 9.18 Å². The molecule has 2 nitrogen and oxygen atoms in total. The molecule has 0 atom stereocenters. The number of carbonyl (C=O) groups excluding carboxylic acids is 1. The highest BCUT2D eigenvalue weighted by molar-refractivity contribution is 5.87. The number of halogens is 11. The molecule has 13 heteroatoms. The van der Waals surface area contributed by atoms with E-state index >= 15 is 0 Å². The number of hydrogen-bond acceptors (Lipinski definition) is 2. The quantitative estimate of drug-likeness (QED) is 0.429. The van der Waals surface area contributed by atoms with Crippen LogP contribution in [0.1, 0.15) is 6.92 Å². The van der Waals surface area contributed by atoms with E-state index in [-0.39, 0.29) is 0 Å². The van der Waals surface area contributed by atoms with Crippen molar-refractivity contribution in [1.29, 1.82) is 0 Å². The van der Waals surface area contributed by atoms with Crippen LogP contribution in [0.4, 0.5) is 48.3 Å². The van der Waals surface area contributed by atoms with Crippen LogP contribution in [0.15, 0.2) is 12.2 Å². The van der Waals surface area contributed by atoms with Crippen LogP contribution >= 0.6 is 0 Å². The van der Waals surface area contributed by atoms with Gasteiger partial charge < -0.3 is 4.74 Å². The molecule has 23 heavy (non-hydrogen) atoms. The third-order valence-corrected chi connectivity index (χ3v) is 3.02. The lowest BCUT2D eigenvalue weighted by Crippen LogP contribution is -2.66. The van der Waals surface area contributed by atoms with Crippen LogP contribution in [0.5, 0.6) is 0 Å². The lowest BCUT2D eigenvalue weighted by atomic mass is 9.95. The molecule has 0 aliphatic heterocycles. The number of alkyl halides is 11. The molecule has 0 aromatic carbocycles. The molecule has 0 amide bonds. The van der Waals surface area contributed by atoms with Crippen LogP contribution in [0.25, 0.3) is 0 Å². The maximum absolute atomic E-state index is 13.7. The van der Waals surface area contributed by atoms with Crippen molar-refractivity contribution in [2.45, 2.75) is 42.4 Å². The molecule has 0 heterocycles. The van der Waals surface area contributed by atoms with Gasteiger partial charge in [0.15, 0.2) is 0 Å².